The first kappa shape index (κ1) is 12.5. The van der Waals surface area contributed by atoms with Gasteiger partial charge in [-0.1, -0.05) is 17.8 Å². The minimum atomic E-state index is 0.251. The van der Waals surface area contributed by atoms with Gasteiger partial charge in [-0.2, -0.15) is 9.61 Å². The molecule has 1 aliphatic carbocycles. The van der Waals surface area contributed by atoms with Gasteiger partial charge in [0.25, 0.3) is 0 Å². The van der Waals surface area contributed by atoms with Crippen molar-refractivity contribution in [2.24, 2.45) is 0 Å². The van der Waals surface area contributed by atoms with E-state index >= 15 is 0 Å². The number of rotatable bonds is 2. The third-order valence-corrected chi connectivity index (χ3v) is 5.28. The Morgan fingerprint density at radius 1 is 1.30 bits per heavy atom. The maximum atomic E-state index is 10.0. The van der Waals surface area contributed by atoms with E-state index in [9.17, 15) is 5.11 Å². The minimum absolute atomic E-state index is 0.251. The molecule has 1 aromatic carbocycles. The van der Waals surface area contributed by atoms with E-state index in [-0.39, 0.29) is 5.75 Å². The zero-order valence-corrected chi connectivity index (χ0v) is 13.4. The van der Waals surface area contributed by atoms with Crippen LogP contribution in [0.3, 0.4) is 0 Å². The molecule has 7 heteroatoms. The number of aromatic hydroxyl groups is 1. The summed E-state index contributed by atoms with van der Waals surface area (Å²) in [4.78, 5) is 0.792. The van der Waals surface area contributed by atoms with Gasteiger partial charge in [-0.05, 0) is 53.6 Å². The van der Waals surface area contributed by atoms with Gasteiger partial charge >= 0.3 is 0 Å². The number of halogens is 1. The Labute approximate surface area is 132 Å². The van der Waals surface area contributed by atoms with Crippen molar-refractivity contribution in [2.45, 2.75) is 25.2 Å². The third-order valence-electron chi connectivity index (χ3n) is 3.67. The minimum Gasteiger partial charge on any atom is -0.507 e. The summed E-state index contributed by atoms with van der Waals surface area (Å²) in [6, 6.07) is 5.51. The monoisotopic (exact) mass is 398 g/mol. The normalized spacial score (nSPS) is 15.7. The van der Waals surface area contributed by atoms with Crippen molar-refractivity contribution in [1.29, 1.82) is 0 Å². The summed E-state index contributed by atoms with van der Waals surface area (Å²) >= 11 is 3.69. The molecule has 0 bridgehead atoms. The summed E-state index contributed by atoms with van der Waals surface area (Å²) in [5.41, 5.74) is 0.756. The zero-order chi connectivity index (χ0) is 13.7. The van der Waals surface area contributed by atoms with Crippen molar-refractivity contribution in [3.63, 3.8) is 0 Å². The molecule has 20 heavy (non-hydrogen) atoms. The highest BCUT2D eigenvalue weighted by Gasteiger charge is 2.26. The van der Waals surface area contributed by atoms with Crippen LogP contribution < -0.4 is 0 Å². The zero-order valence-electron chi connectivity index (χ0n) is 10.5. The van der Waals surface area contributed by atoms with Gasteiger partial charge in [0.1, 0.15) is 5.75 Å². The van der Waals surface area contributed by atoms with E-state index in [1.54, 1.807) is 6.07 Å². The molecular weight excluding hydrogens is 387 g/mol. The molecule has 2 aromatic heterocycles. The molecule has 0 unspecified atom stereocenters. The van der Waals surface area contributed by atoms with Gasteiger partial charge in [-0.15, -0.1) is 10.2 Å². The predicted octanol–water partition coefficient (Wildman–Crippen LogP) is 3.43. The molecule has 1 saturated carbocycles. The molecule has 1 aliphatic rings. The highest BCUT2D eigenvalue weighted by atomic mass is 127. The summed E-state index contributed by atoms with van der Waals surface area (Å²) in [7, 11) is 0. The predicted molar refractivity (Wildman–Crippen MR) is 85.1 cm³/mol. The molecule has 1 N–H and O–H groups in total. The topological polar surface area (TPSA) is 63.3 Å². The number of benzene rings is 1. The summed E-state index contributed by atoms with van der Waals surface area (Å²) in [5.74, 6) is 1.70. The average Bonchev–Trinajstić information content (AvgIpc) is 2.92. The van der Waals surface area contributed by atoms with Crippen LogP contribution in [-0.4, -0.2) is 24.9 Å². The van der Waals surface area contributed by atoms with Gasteiger partial charge in [0, 0.05) is 9.49 Å². The maximum Gasteiger partial charge on any atom is 0.234 e. The highest BCUT2D eigenvalue weighted by molar-refractivity contribution is 14.1. The first-order valence-electron chi connectivity index (χ1n) is 6.43. The van der Waals surface area contributed by atoms with Crippen LogP contribution >= 0.6 is 33.9 Å². The molecule has 0 amide bonds. The average molecular weight is 398 g/mol. The summed E-state index contributed by atoms with van der Waals surface area (Å²) < 4.78 is 2.91. The number of aromatic nitrogens is 4. The molecule has 3 aromatic rings. The number of phenolic OH excluding ortho intramolecular Hbond substituents is 1. The van der Waals surface area contributed by atoms with Gasteiger partial charge in [0.05, 0.1) is 5.56 Å². The first-order chi connectivity index (χ1) is 9.72. The molecule has 0 atom stereocenters. The lowest BCUT2D eigenvalue weighted by Gasteiger charge is -2.22. The Bertz CT molecular complexity index is 793. The van der Waals surface area contributed by atoms with Crippen molar-refractivity contribution in [3.05, 3.63) is 27.6 Å². The fourth-order valence-electron chi connectivity index (χ4n) is 2.34. The second-order valence-corrected chi connectivity index (χ2v) is 7.15. The second kappa shape index (κ2) is 4.66. The van der Waals surface area contributed by atoms with E-state index < -0.39 is 0 Å². The van der Waals surface area contributed by atoms with Crippen molar-refractivity contribution in [2.75, 3.05) is 0 Å². The Hall–Kier alpha value is -1.22. The lowest BCUT2D eigenvalue weighted by atomic mass is 9.85. The summed E-state index contributed by atoms with van der Waals surface area (Å²) in [6.45, 7) is 0. The molecule has 5 nitrogen and oxygen atoms in total. The third kappa shape index (κ3) is 1.91. The van der Waals surface area contributed by atoms with Gasteiger partial charge in [0.15, 0.2) is 10.8 Å². The van der Waals surface area contributed by atoms with E-state index in [0.29, 0.717) is 5.92 Å². The first-order valence-corrected chi connectivity index (χ1v) is 8.33. The number of hydrogen-bond acceptors (Lipinski definition) is 5. The molecule has 2 heterocycles. The standard InChI is InChI=1S/C13H11IN4OS/c14-8-4-5-10(19)9(6-8)12-17-18-11(7-2-1-3-7)15-16-13(18)20-12/h4-7,19H,1-3H2. The highest BCUT2D eigenvalue weighted by Crippen LogP contribution is 2.38. The van der Waals surface area contributed by atoms with Gasteiger partial charge in [-0.3, -0.25) is 0 Å². The lowest BCUT2D eigenvalue weighted by Crippen LogP contribution is -2.12. The number of nitrogens with zero attached hydrogens (tertiary/aromatic N) is 4. The molecule has 0 saturated heterocycles. The van der Waals surface area contributed by atoms with E-state index in [1.165, 1.54) is 30.6 Å². The summed E-state index contributed by atoms with van der Waals surface area (Å²) in [6.07, 6.45) is 3.60. The smallest absolute Gasteiger partial charge is 0.234 e. The van der Waals surface area contributed by atoms with Gasteiger partial charge < -0.3 is 5.11 Å². The van der Waals surface area contributed by atoms with Crippen LogP contribution in [0.15, 0.2) is 18.2 Å². The maximum absolute atomic E-state index is 10.0. The lowest BCUT2D eigenvalue weighted by molar-refractivity contribution is 0.395. The van der Waals surface area contributed by atoms with Crippen LogP contribution in [0.5, 0.6) is 5.75 Å². The number of phenols is 1. The molecule has 0 aliphatic heterocycles. The van der Waals surface area contributed by atoms with Crippen LogP contribution in [0, 0.1) is 3.57 Å². The van der Waals surface area contributed by atoms with Crippen LogP contribution in [0.2, 0.25) is 0 Å². The fourth-order valence-corrected chi connectivity index (χ4v) is 3.70. The van der Waals surface area contributed by atoms with Gasteiger partial charge in [-0.25, -0.2) is 0 Å². The molecule has 1 fully saturated rings. The largest absolute Gasteiger partial charge is 0.507 e. The molecule has 4 rings (SSSR count). The Kier molecular flexibility index (Phi) is 2.92. The molecule has 0 spiro atoms. The van der Waals surface area contributed by atoms with Crippen molar-refractivity contribution >= 4 is 38.9 Å². The van der Waals surface area contributed by atoms with Crippen LogP contribution in [0.25, 0.3) is 15.5 Å². The Morgan fingerprint density at radius 2 is 2.15 bits per heavy atom. The second-order valence-electron chi connectivity index (χ2n) is 4.95. The van der Waals surface area contributed by atoms with E-state index in [0.717, 1.165) is 24.9 Å². The molecule has 102 valence electrons. The molecular formula is C13H11IN4OS. The Balaban J connectivity index is 1.84. The quantitative estimate of drug-likeness (QED) is 0.672. The molecule has 0 radical (unpaired) electrons. The van der Waals surface area contributed by atoms with Crippen LogP contribution in [0.1, 0.15) is 31.0 Å². The van der Waals surface area contributed by atoms with Gasteiger partial charge in [0.2, 0.25) is 4.96 Å². The fraction of sp³-hybridized carbons (Fsp3) is 0.308. The number of fused-ring (bicyclic) bond motifs is 1. The van der Waals surface area contributed by atoms with E-state index in [2.05, 4.69) is 37.9 Å². The van der Waals surface area contributed by atoms with E-state index in [4.69, 9.17) is 0 Å². The number of hydrogen-bond donors (Lipinski definition) is 1. The van der Waals surface area contributed by atoms with E-state index in [1.807, 2.05) is 16.6 Å². The van der Waals surface area contributed by atoms with Crippen molar-refractivity contribution in [1.82, 2.24) is 19.8 Å². The van der Waals surface area contributed by atoms with Crippen LogP contribution in [-0.2, 0) is 0 Å². The van der Waals surface area contributed by atoms with Crippen LogP contribution in [0.4, 0.5) is 0 Å². The summed E-state index contributed by atoms with van der Waals surface area (Å²) in [5, 5.41) is 23.8. The Morgan fingerprint density at radius 3 is 2.90 bits per heavy atom. The SMILES string of the molecule is Oc1ccc(I)cc1-c1nn2c(C3CCC3)nnc2s1. The van der Waals surface area contributed by atoms with Crippen molar-refractivity contribution < 1.29 is 5.11 Å². The van der Waals surface area contributed by atoms with Crippen molar-refractivity contribution in [3.8, 4) is 16.3 Å².